The number of nitro groups is 1. The van der Waals surface area contributed by atoms with Crippen LogP contribution in [0.1, 0.15) is 5.56 Å². The average Bonchev–Trinajstić information content (AvgIpc) is 2.27. The largest absolute Gasteiger partial charge is 0.490 e. The number of nitro benzene ring substituents is 1. The fraction of sp³-hybridized carbons (Fsp3) is 0.222. The zero-order valence-electron chi connectivity index (χ0n) is 8.35. The second-order valence-electron chi connectivity index (χ2n) is 3.14. The Morgan fingerprint density at radius 3 is 2.94 bits per heavy atom. The number of carbonyl (C=O) groups excluding carboxylic acids is 1. The van der Waals surface area contributed by atoms with Gasteiger partial charge in [-0.2, -0.15) is 0 Å². The molecule has 0 aromatic heterocycles. The Kier molecular flexibility index (Phi) is 2.35. The van der Waals surface area contributed by atoms with Crippen molar-refractivity contribution in [2.75, 3.05) is 12.4 Å². The van der Waals surface area contributed by atoms with Crippen LogP contribution in [0.3, 0.4) is 0 Å². The molecule has 1 aromatic carbocycles. The number of benzene rings is 1. The number of cyclic esters (lactones) is 1. The molecule has 16 heavy (non-hydrogen) atoms. The number of rotatable bonds is 2. The lowest BCUT2D eigenvalue weighted by molar-refractivity contribution is -0.385. The molecule has 2 rings (SSSR count). The van der Waals surface area contributed by atoms with E-state index in [4.69, 9.17) is 9.47 Å². The second-order valence-corrected chi connectivity index (χ2v) is 3.14. The van der Waals surface area contributed by atoms with Crippen LogP contribution in [0.4, 0.5) is 16.2 Å². The highest BCUT2D eigenvalue weighted by Gasteiger charge is 2.23. The number of fused-ring (bicyclic) bond motifs is 1. The quantitative estimate of drug-likeness (QED) is 0.609. The highest BCUT2D eigenvalue weighted by atomic mass is 16.6. The van der Waals surface area contributed by atoms with Crippen LogP contribution in [-0.2, 0) is 11.3 Å². The van der Waals surface area contributed by atoms with Crippen LogP contribution in [0.2, 0.25) is 0 Å². The molecule has 7 heteroatoms. The van der Waals surface area contributed by atoms with Gasteiger partial charge in [0.2, 0.25) is 0 Å². The summed E-state index contributed by atoms with van der Waals surface area (Å²) < 4.78 is 9.62. The Labute approximate surface area is 90.1 Å². The fourth-order valence-corrected chi connectivity index (χ4v) is 1.44. The molecule has 1 N–H and O–H groups in total. The number of carbonyl (C=O) groups is 1. The van der Waals surface area contributed by atoms with Crippen LogP contribution in [0.5, 0.6) is 5.75 Å². The Balaban J connectivity index is 2.52. The van der Waals surface area contributed by atoms with Crippen LogP contribution in [0.25, 0.3) is 0 Å². The molecule has 0 saturated carbocycles. The smallest absolute Gasteiger partial charge is 0.411 e. The third-order valence-corrected chi connectivity index (χ3v) is 2.20. The van der Waals surface area contributed by atoms with Gasteiger partial charge in [-0.1, -0.05) is 0 Å². The van der Waals surface area contributed by atoms with E-state index in [9.17, 15) is 14.9 Å². The molecule has 0 aliphatic carbocycles. The predicted octanol–water partition coefficient (Wildman–Crippen LogP) is 1.67. The van der Waals surface area contributed by atoms with Crippen LogP contribution in [0.15, 0.2) is 12.1 Å². The standard InChI is InChI=1S/C9H8N2O5/c1-15-8-2-5-4-16-9(12)10-6(5)3-7(8)11(13)14/h2-3H,4H2,1H3,(H,10,12). The minimum Gasteiger partial charge on any atom is -0.490 e. The Morgan fingerprint density at radius 1 is 1.56 bits per heavy atom. The first kappa shape index (κ1) is 10.2. The first-order valence-electron chi connectivity index (χ1n) is 4.41. The Bertz CT molecular complexity index is 471. The van der Waals surface area contributed by atoms with Crippen molar-refractivity contribution >= 4 is 17.5 Å². The van der Waals surface area contributed by atoms with Gasteiger partial charge in [-0.05, 0) is 6.07 Å². The lowest BCUT2D eigenvalue weighted by atomic mass is 10.1. The summed E-state index contributed by atoms with van der Waals surface area (Å²) in [6.07, 6.45) is -0.619. The molecule has 0 bridgehead atoms. The SMILES string of the molecule is COc1cc2c(cc1[N+](=O)[O-])NC(=O)OC2. The molecule has 1 aliphatic rings. The summed E-state index contributed by atoms with van der Waals surface area (Å²) >= 11 is 0. The summed E-state index contributed by atoms with van der Waals surface area (Å²) in [5, 5.41) is 13.1. The molecular weight excluding hydrogens is 216 g/mol. The van der Waals surface area contributed by atoms with Crippen molar-refractivity contribution in [1.82, 2.24) is 0 Å². The van der Waals surface area contributed by atoms with Crippen LogP contribution in [0, 0.1) is 10.1 Å². The van der Waals surface area contributed by atoms with E-state index in [1.54, 1.807) is 0 Å². The third kappa shape index (κ3) is 1.62. The third-order valence-electron chi connectivity index (χ3n) is 2.20. The first-order chi connectivity index (χ1) is 7.61. The van der Waals surface area contributed by atoms with E-state index >= 15 is 0 Å². The number of ether oxygens (including phenoxy) is 2. The van der Waals surface area contributed by atoms with Crippen LogP contribution < -0.4 is 10.1 Å². The normalized spacial score (nSPS) is 13.4. The van der Waals surface area contributed by atoms with Gasteiger partial charge < -0.3 is 9.47 Å². The number of hydrogen-bond donors (Lipinski definition) is 1. The summed E-state index contributed by atoms with van der Waals surface area (Å²) in [6.45, 7) is 0.0789. The van der Waals surface area contributed by atoms with Gasteiger partial charge in [0.1, 0.15) is 6.61 Å². The van der Waals surface area contributed by atoms with Crippen molar-refractivity contribution in [3.8, 4) is 5.75 Å². The van der Waals surface area contributed by atoms with Gasteiger partial charge in [0.05, 0.1) is 17.7 Å². The van der Waals surface area contributed by atoms with E-state index in [0.717, 1.165) is 0 Å². The van der Waals surface area contributed by atoms with Gasteiger partial charge in [-0.3, -0.25) is 15.4 Å². The second kappa shape index (κ2) is 3.69. The number of hydrogen-bond acceptors (Lipinski definition) is 5. The van der Waals surface area contributed by atoms with Crippen molar-refractivity contribution in [2.24, 2.45) is 0 Å². The molecule has 84 valence electrons. The topological polar surface area (TPSA) is 90.7 Å². The van der Waals surface area contributed by atoms with Crippen molar-refractivity contribution < 1.29 is 19.2 Å². The van der Waals surface area contributed by atoms with Gasteiger partial charge in [-0.15, -0.1) is 0 Å². The summed E-state index contributed by atoms with van der Waals surface area (Å²) in [6, 6.07) is 2.74. The molecule has 1 amide bonds. The molecule has 1 heterocycles. The molecule has 0 radical (unpaired) electrons. The van der Waals surface area contributed by atoms with E-state index in [2.05, 4.69) is 5.32 Å². The fourth-order valence-electron chi connectivity index (χ4n) is 1.44. The Morgan fingerprint density at radius 2 is 2.31 bits per heavy atom. The van der Waals surface area contributed by atoms with E-state index in [0.29, 0.717) is 11.3 Å². The van der Waals surface area contributed by atoms with Gasteiger partial charge >= 0.3 is 11.8 Å². The molecule has 0 fully saturated rings. The maximum absolute atomic E-state index is 10.9. The monoisotopic (exact) mass is 224 g/mol. The van der Waals surface area contributed by atoms with Gasteiger partial charge in [-0.25, -0.2) is 4.79 Å². The molecule has 0 spiro atoms. The van der Waals surface area contributed by atoms with E-state index in [-0.39, 0.29) is 18.0 Å². The number of nitrogens with zero attached hydrogens (tertiary/aromatic N) is 1. The van der Waals surface area contributed by atoms with Crippen molar-refractivity contribution in [3.05, 3.63) is 27.8 Å². The molecular formula is C9H8N2O5. The highest BCUT2D eigenvalue weighted by molar-refractivity contribution is 5.88. The predicted molar refractivity (Wildman–Crippen MR) is 53.5 cm³/mol. The molecule has 0 unspecified atom stereocenters. The average molecular weight is 224 g/mol. The van der Waals surface area contributed by atoms with Gasteiger partial charge in [0.25, 0.3) is 0 Å². The molecule has 1 aromatic rings. The minimum absolute atomic E-state index is 0.0789. The molecule has 7 nitrogen and oxygen atoms in total. The van der Waals surface area contributed by atoms with Crippen molar-refractivity contribution in [2.45, 2.75) is 6.61 Å². The molecule has 0 atom stereocenters. The summed E-state index contributed by atoms with van der Waals surface area (Å²) in [5.74, 6) is 0.142. The van der Waals surface area contributed by atoms with Gasteiger partial charge in [0, 0.05) is 11.6 Å². The highest BCUT2D eigenvalue weighted by Crippen LogP contribution is 2.34. The Hall–Kier alpha value is -2.31. The van der Waals surface area contributed by atoms with E-state index in [1.165, 1.54) is 19.2 Å². The van der Waals surface area contributed by atoms with Crippen molar-refractivity contribution in [3.63, 3.8) is 0 Å². The summed E-state index contributed by atoms with van der Waals surface area (Å²) in [4.78, 5) is 21.1. The number of amides is 1. The maximum Gasteiger partial charge on any atom is 0.411 e. The first-order valence-corrected chi connectivity index (χ1v) is 4.41. The van der Waals surface area contributed by atoms with E-state index < -0.39 is 11.0 Å². The van der Waals surface area contributed by atoms with Gasteiger partial charge in [0.15, 0.2) is 5.75 Å². The minimum atomic E-state index is -0.619. The number of nitrogens with one attached hydrogen (secondary N) is 1. The summed E-state index contributed by atoms with van der Waals surface area (Å²) in [5.41, 5.74) is 0.828. The lowest BCUT2D eigenvalue weighted by Gasteiger charge is -2.17. The van der Waals surface area contributed by atoms with Crippen LogP contribution >= 0.6 is 0 Å². The molecule has 0 saturated heterocycles. The zero-order chi connectivity index (χ0) is 11.7. The van der Waals surface area contributed by atoms with E-state index in [1.807, 2.05) is 0 Å². The number of methoxy groups -OCH3 is 1. The van der Waals surface area contributed by atoms with Crippen molar-refractivity contribution in [1.29, 1.82) is 0 Å². The zero-order valence-corrected chi connectivity index (χ0v) is 8.35. The van der Waals surface area contributed by atoms with Crippen LogP contribution in [-0.4, -0.2) is 18.1 Å². The summed E-state index contributed by atoms with van der Waals surface area (Å²) in [7, 11) is 1.34. The molecule has 1 aliphatic heterocycles. The maximum atomic E-state index is 10.9. The lowest BCUT2D eigenvalue weighted by Crippen LogP contribution is -2.20. The number of anilines is 1.